The highest BCUT2D eigenvalue weighted by molar-refractivity contribution is 6.74. The van der Waals surface area contributed by atoms with Crippen LogP contribution in [0.3, 0.4) is 0 Å². The zero-order valence-corrected chi connectivity index (χ0v) is 18.0. The van der Waals surface area contributed by atoms with Gasteiger partial charge in [-0.1, -0.05) is 51.1 Å². The minimum absolute atomic E-state index is 0.106. The van der Waals surface area contributed by atoms with Crippen LogP contribution in [0.15, 0.2) is 42.5 Å². The van der Waals surface area contributed by atoms with Crippen LogP contribution in [0.4, 0.5) is 0 Å². The summed E-state index contributed by atoms with van der Waals surface area (Å²) in [6.45, 7) is 13.9. The van der Waals surface area contributed by atoms with Gasteiger partial charge in [0.1, 0.15) is 11.7 Å². The van der Waals surface area contributed by atoms with Gasteiger partial charge in [-0.05, 0) is 42.8 Å². The molecule has 5 heteroatoms. The van der Waals surface area contributed by atoms with E-state index >= 15 is 0 Å². The lowest BCUT2D eigenvalue weighted by Gasteiger charge is -2.42. The number of rotatable bonds is 7. The van der Waals surface area contributed by atoms with Crippen LogP contribution in [-0.4, -0.2) is 44.6 Å². The molecule has 1 aromatic carbocycles. The lowest BCUT2D eigenvalue weighted by Crippen LogP contribution is -2.53. The van der Waals surface area contributed by atoms with E-state index in [1.54, 1.807) is 6.08 Å². The van der Waals surface area contributed by atoms with E-state index in [1.807, 2.05) is 43.3 Å². The van der Waals surface area contributed by atoms with Crippen molar-refractivity contribution in [3.8, 4) is 0 Å². The Kier molecular flexibility index (Phi) is 6.85. The molecule has 0 fully saturated rings. The topological polar surface area (TPSA) is 47.9 Å². The molecule has 3 atom stereocenters. The molecule has 0 saturated carbocycles. The van der Waals surface area contributed by atoms with E-state index < -0.39 is 26.3 Å². The van der Waals surface area contributed by atoms with E-state index in [4.69, 9.17) is 13.9 Å². The molecule has 0 spiro atoms. The molecule has 0 bridgehead atoms. The maximum Gasteiger partial charge on any atom is 0.192 e. The third kappa shape index (κ3) is 5.27. The molecular weight excluding hydrogens is 344 g/mol. The van der Waals surface area contributed by atoms with Gasteiger partial charge >= 0.3 is 0 Å². The van der Waals surface area contributed by atoms with Gasteiger partial charge in [0, 0.05) is 13.0 Å². The fourth-order valence-electron chi connectivity index (χ4n) is 2.72. The van der Waals surface area contributed by atoms with E-state index in [9.17, 15) is 5.11 Å². The van der Waals surface area contributed by atoms with Crippen molar-refractivity contribution in [3.05, 3.63) is 48.0 Å². The van der Waals surface area contributed by atoms with Gasteiger partial charge in [-0.15, -0.1) is 0 Å². The van der Waals surface area contributed by atoms with Crippen LogP contribution in [0.2, 0.25) is 18.1 Å². The van der Waals surface area contributed by atoms with E-state index in [0.717, 1.165) is 5.56 Å². The first-order valence-electron chi connectivity index (χ1n) is 9.44. The Bertz CT molecular complexity index is 594. The molecule has 0 aliphatic carbocycles. The normalized spacial score (nSPS) is 26.9. The molecule has 1 heterocycles. The maximum atomic E-state index is 11.3. The van der Waals surface area contributed by atoms with E-state index in [0.29, 0.717) is 19.6 Å². The summed E-state index contributed by atoms with van der Waals surface area (Å²) in [5.41, 5.74) is -0.0486. The molecule has 1 N–H and O–H groups in total. The summed E-state index contributed by atoms with van der Waals surface area (Å²) in [4.78, 5) is 0. The van der Waals surface area contributed by atoms with Gasteiger partial charge in [0.25, 0.3) is 0 Å². The molecule has 0 amide bonds. The summed E-state index contributed by atoms with van der Waals surface area (Å²) in [5.74, 6) is 0. The first-order chi connectivity index (χ1) is 12.1. The van der Waals surface area contributed by atoms with Crippen molar-refractivity contribution in [1.82, 2.24) is 0 Å². The SMILES string of the molecule is CCO[C@@H]1C=C[C@](O)(Cc2ccccc2)[C@@H](CO[Si](C)(C)C(C)(C)C)O1. The molecule has 0 radical (unpaired) electrons. The lowest BCUT2D eigenvalue weighted by molar-refractivity contribution is -0.202. The Labute approximate surface area is 159 Å². The molecule has 2 rings (SSSR count). The number of hydrogen-bond acceptors (Lipinski definition) is 4. The summed E-state index contributed by atoms with van der Waals surface area (Å²) in [5, 5.41) is 11.4. The Balaban J connectivity index is 2.18. The van der Waals surface area contributed by atoms with E-state index in [2.05, 4.69) is 33.9 Å². The molecule has 1 aromatic rings. The average molecular weight is 379 g/mol. The highest BCUT2D eigenvalue weighted by Crippen LogP contribution is 2.37. The fraction of sp³-hybridized carbons (Fsp3) is 0.619. The zero-order valence-electron chi connectivity index (χ0n) is 17.0. The van der Waals surface area contributed by atoms with Gasteiger partial charge in [-0.2, -0.15) is 0 Å². The predicted octanol–water partition coefficient (Wildman–Crippen LogP) is 4.30. The summed E-state index contributed by atoms with van der Waals surface area (Å²) >= 11 is 0. The Morgan fingerprint density at radius 2 is 1.85 bits per heavy atom. The summed E-state index contributed by atoms with van der Waals surface area (Å²) < 4.78 is 18.0. The molecule has 26 heavy (non-hydrogen) atoms. The highest BCUT2D eigenvalue weighted by atomic mass is 28.4. The van der Waals surface area contributed by atoms with Crippen LogP contribution in [0, 0.1) is 0 Å². The van der Waals surface area contributed by atoms with Gasteiger partial charge in [0.05, 0.1) is 6.61 Å². The van der Waals surface area contributed by atoms with Gasteiger partial charge in [-0.3, -0.25) is 0 Å². The molecule has 0 saturated heterocycles. The zero-order chi connectivity index (χ0) is 19.4. The maximum absolute atomic E-state index is 11.3. The number of ether oxygens (including phenoxy) is 2. The van der Waals surface area contributed by atoms with Crippen LogP contribution < -0.4 is 0 Å². The second kappa shape index (κ2) is 8.36. The Morgan fingerprint density at radius 3 is 2.42 bits per heavy atom. The minimum atomic E-state index is -1.94. The van der Waals surface area contributed by atoms with E-state index in [1.165, 1.54) is 0 Å². The monoisotopic (exact) mass is 378 g/mol. The minimum Gasteiger partial charge on any atom is -0.414 e. The van der Waals surface area contributed by atoms with Crippen LogP contribution in [0.5, 0.6) is 0 Å². The van der Waals surface area contributed by atoms with Gasteiger partial charge in [0.15, 0.2) is 14.6 Å². The van der Waals surface area contributed by atoms with E-state index in [-0.39, 0.29) is 5.04 Å². The molecule has 4 nitrogen and oxygen atoms in total. The Morgan fingerprint density at radius 1 is 1.19 bits per heavy atom. The molecule has 1 aliphatic heterocycles. The van der Waals surface area contributed by atoms with Crippen LogP contribution in [0.25, 0.3) is 0 Å². The van der Waals surface area contributed by atoms with Gasteiger partial charge < -0.3 is 19.0 Å². The number of aliphatic hydroxyl groups is 1. The first-order valence-corrected chi connectivity index (χ1v) is 12.3. The van der Waals surface area contributed by atoms with Crippen molar-refractivity contribution in [1.29, 1.82) is 0 Å². The molecule has 0 unspecified atom stereocenters. The van der Waals surface area contributed by atoms with Crippen molar-refractivity contribution < 1.29 is 19.0 Å². The number of hydrogen-bond donors (Lipinski definition) is 1. The van der Waals surface area contributed by atoms with Crippen molar-refractivity contribution in [3.63, 3.8) is 0 Å². The Hall–Kier alpha value is -0.983. The fourth-order valence-corrected chi connectivity index (χ4v) is 3.72. The smallest absolute Gasteiger partial charge is 0.192 e. The van der Waals surface area contributed by atoms with Gasteiger partial charge in [0.2, 0.25) is 0 Å². The standard InChI is InChI=1S/C21H34O4Si/c1-7-23-19-13-14-21(22,15-17-11-9-8-10-12-17)18(25-19)16-24-26(5,6)20(2,3)4/h8-14,18-19,22H,7,15-16H2,1-6H3/t18-,19+,21+/m1/s1. The third-order valence-corrected chi connectivity index (χ3v) is 9.96. The summed E-state index contributed by atoms with van der Waals surface area (Å²) in [6, 6.07) is 9.98. The van der Waals surface area contributed by atoms with Crippen LogP contribution >= 0.6 is 0 Å². The van der Waals surface area contributed by atoms with Crippen molar-refractivity contribution in [2.45, 2.75) is 70.2 Å². The molecule has 146 valence electrons. The summed E-state index contributed by atoms with van der Waals surface area (Å²) in [6.07, 6.45) is 3.19. The molecule has 0 aromatic heterocycles. The van der Waals surface area contributed by atoms with Crippen molar-refractivity contribution in [2.75, 3.05) is 13.2 Å². The quantitative estimate of drug-likeness (QED) is 0.568. The second-order valence-corrected chi connectivity index (χ2v) is 13.3. The second-order valence-electron chi connectivity index (χ2n) is 8.53. The molecule has 1 aliphatic rings. The number of benzene rings is 1. The third-order valence-electron chi connectivity index (χ3n) is 5.46. The largest absolute Gasteiger partial charge is 0.414 e. The summed E-state index contributed by atoms with van der Waals surface area (Å²) in [7, 11) is -1.94. The van der Waals surface area contributed by atoms with Crippen LogP contribution in [-0.2, 0) is 20.3 Å². The van der Waals surface area contributed by atoms with Crippen molar-refractivity contribution >= 4 is 8.32 Å². The van der Waals surface area contributed by atoms with Crippen molar-refractivity contribution in [2.24, 2.45) is 0 Å². The lowest BCUT2D eigenvalue weighted by atomic mass is 9.87. The highest BCUT2D eigenvalue weighted by Gasteiger charge is 2.43. The van der Waals surface area contributed by atoms with Gasteiger partial charge in [-0.25, -0.2) is 0 Å². The predicted molar refractivity (Wildman–Crippen MR) is 108 cm³/mol. The average Bonchev–Trinajstić information content (AvgIpc) is 2.55. The first kappa shape index (κ1) is 21.3. The van der Waals surface area contributed by atoms with Crippen LogP contribution in [0.1, 0.15) is 33.3 Å². The molecular formula is C21H34O4Si.